The van der Waals surface area contributed by atoms with Crippen LogP contribution in [0.25, 0.3) is 0 Å². The van der Waals surface area contributed by atoms with Crippen molar-refractivity contribution in [2.24, 2.45) is 7.05 Å². The van der Waals surface area contributed by atoms with Crippen LogP contribution in [-0.4, -0.2) is 16.3 Å². The van der Waals surface area contributed by atoms with Crippen molar-refractivity contribution in [3.63, 3.8) is 0 Å². The minimum Gasteiger partial charge on any atom is -0.312 e. The van der Waals surface area contributed by atoms with Gasteiger partial charge in [-0.05, 0) is 24.1 Å². The molecule has 0 bridgehead atoms. The van der Waals surface area contributed by atoms with Crippen LogP contribution in [-0.2, 0) is 20.0 Å². The number of alkyl halides is 2. The predicted molar refractivity (Wildman–Crippen MR) is 70.0 cm³/mol. The molecule has 2 aromatic rings. The standard InChI is InChI=1S/C14H17F2N3/c1-19-10-12(9-18-19)6-7-17-8-11-2-4-13(5-3-11)14(15)16/h2-5,9-10,14,17H,6-8H2,1H3. The highest BCUT2D eigenvalue weighted by Gasteiger charge is 2.05. The summed E-state index contributed by atoms with van der Waals surface area (Å²) in [4.78, 5) is 0. The van der Waals surface area contributed by atoms with Crippen LogP contribution in [0.2, 0.25) is 0 Å². The van der Waals surface area contributed by atoms with E-state index in [0.717, 1.165) is 18.5 Å². The topological polar surface area (TPSA) is 29.9 Å². The van der Waals surface area contributed by atoms with Crippen molar-refractivity contribution < 1.29 is 8.78 Å². The lowest BCUT2D eigenvalue weighted by molar-refractivity contribution is 0.151. The summed E-state index contributed by atoms with van der Waals surface area (Å²) in [7, 11) is 1.89. The first kappa shape index (κ1) is 13.7. The van der Waals surface area contributed by atoms with Gasteiger partial charge < -0.3 is 5.32 Å². The number of rotatable bonds is 6. The number of nitrogens with zero attached hydrogens (tertiary/aromatic N) is 2. The molecule has 0 radical (unpaired) electrons. The lowest BCUT2D eigenvalue weighted by Gasteiger charge is -2.05. The summed E-state index contributed by atoms with van der Waals surface area (Å²) in [5.41, 5.74) is 2.26. The molecular weight excluding hydrogens is 248 g/mol. The van der Waals surface area contributed by atoms with Gasteiger partial charge in [-0.15, -0.1) is 0 Å². The van der Waals surface area contributed by atoms with Crippen molar-refractivity contribution >= 4 is 0 Å². The van der Waals surface area contributed by atoms with E-state index in [2.05, 4.69) is 10.4 Å². The Bertz CT molecular complexity index is 506. The van der Waals surface area contributed by atoms with E-state index in [1.807, 2.05) is 19.4 Å². The molecule has 0 aliphatic rings. The first-order valence-electron chi connectivity index (χ1n) is 6.20. The number of hydrogen-bond acceptors (Lipinski definition) is 2. The largest absolute Gasteiger partial charge is 0.312 e. The highest BCUT2D eigenvalue weighted by molar-refractivity contribution is 5.23. The summed E-state index contributed by atoms with van der Waals surface area (Å²) in [6.45, 7) is 1.52. The van der Waals surface area contributed by atoms with Gasteiger partial charge in [0, 0.05) is 25.4 Å². The maximum absolute atomic E-state index is 12.4. The van der Waals surface area contributed by atoms with E-state index in [9.17, 15) is 8.78 Å². The summed E-state index contributed by atoms with van der Waals surface area (Å²) in [5.74, 6) is 0. The lowest BCUT2D eigenvalue weighted by atomic mass is 10.1. The number of benzene rings is 1. The molecule has 0 aliphatic heterocycles. The predicted octanol–water partition coefficient (Wildman–Crippen LogP) is 2.69. The Balaban J connectivity index is 1.73. The lowest BCUT2D eigenvalue weighted by Crippen LogP contribution is -2.16. The molecule has 0 saturated carbocycles. The normalized spacial score (nSPS) is 11.2. The molecule has 0 fully saturated rings. The van der Waals surface area contributed by atoms with Crippen LogP contribution in [0.15, 0.2) is 36.7 Å². The number of halogens is 2. The zero-order valence-corrected chi connectivity index (χ0v) is 10.8. The maximum atomic E-state index is 12.4. The molecule has 0 unspecified atom stereocenters. The minimum absolute atomic E-state index is 0.0686. The maximum Gasteiger partial charge on any atom is 0.263 e. The summed E-state index contributed by atoms with van der Waals surface area (Å²) in [5, 5.41) is 7.38. The van der Waals surface area contributed by atoms with Crippen LogP contribution >= 0.6 is 0 Å². The van der Waals surface area contributed by atoms with Gasteiger partial charge in [0.2, 0.25) is 0 Å². The quantitative estimate of drug-likeness (QED) is 0.814. The van der Waals surface area contributed by atoms with Gasteiger partial charge >= 0.3 is 0 Å². The zero-order valence-electron chi connectivity index (χ0n) is 10.8. The third-order valence-corrected chi connectivity index (χ3v) is 2.91. The molecule has 5 heteroatoms. The first-order valence-corrected chi connectivity index (χ1v) is 6.20. The van der Waals surface area contributed by atoms with E-state index in [-0.39, 0.29) is 5.56 Å². The molecule has 1 N–H and O–H groups in total. The van der Waals surface area contributed by atoms with Crippen molar-refractivity contribution in [3.8, 4) is 0 Å². The Morgan fingerprint density at radius 1 is 1.21 bits per heavy atom. The molecule has 102 valence electrons. The van der Waals surface area contributed by atoms with Gasteiger partial charge in [0.25, 0.3) is 6.43 Å². The Kier molecular flexibility index (Phi) is 4.63. The molecule has 1 aromatic heterocycles. The molecule has 0 saturated heterocycles. The summed E-state index contributed by atoms with van der Waals surface area (Å²) in [6.07, 6.45) is 2.34. The van der Waals surface area contributed by atoms with E-state index in [1.54, 1.807) is 16.8 Å². The van der Waals surface area contributed by atoms with Crippen LogP contribution in [0.4, 0.5) is 8.78 Å². The van der Waals surface area contributed by atoms with Crippen LogP contribution in [0.1, 0.15) is 23.1 Å². The molecule has 0 atom stereocenters. The highest BCUT2D eigenvalue weighted by Crippen LogP contribution is 2.18. The number of aromatic nitrogens is 2. The van der Waals surface area contributed by atoms with E-state index in [0.29, 0.717) is 6.54 Å². The van der Waals surface area contributed by atoms with Gasteiger partial charge in [-0.1, -0.05) is 24.3 Å². The van der Waals surface area contributed by atoms with Gasteiger partial charge in [-0.2, -0.15) is 5.10 Å². The third kappa shape index (κ3) is 4.13. The van der Waals surface area contributed by atoms with Gasteiger partial charge in [-0.3, -0.25) is 4.68 Å². The van der Waals surface area contributed by atoms with Crippen molar-refractivity contribution in [2.75, 3.05) is 6.54 Å². The van der Waals surface area contributed by atoms with Gasteiger partial charge in [-0.25, -0.2) is 8.78 Å². The molecule has 1 aromatic carbocycles. The molecule has 0 spiro atoms. The Labute approximate surface area is 111 Å². The molecule has 1 heterocycles. The smallest absolute Gasteiger partial charge is 0.263 e. The van der Waals surface area contributed by atoms with Crippen molar-refractivity contribution in [1.29, 1.82) is 0 Å². The fourth-order valence-corrected chi connectivity index (χ4v) is 1.85. The first-order chi connectivity index (χ1) is 9.15. The second-order valence-electron chi connectivity index (χ2n) is 4.49. The van der Waals surface area contributed by atoms with E-state index >= 15 is 0 Å². The average Bonchev–Trinajstić information content (AvgIpc) is 2.81. The second kappa shape index (κ2) is 6.43. The van der Waals surface area contributed by atoms with Crippen LogP contribution in [0.3, 0.4) is 0 Å². The molecule has 0 aliphatic carbocycles. The van der Waals surface area contributed by atoms with Gasteiger partial charge in [0.05, 0.1) is 6.20 Å². The van der Waals surface area contributed by atoms with Crippen LogP contribution in [0.5, 0.6) is 0 Å². The third-order valence-electron chi connectivity index (χ3n) is 2.91. The Morgan fingerprint density at radius 3 is 2.53 bits per heavy atom. The van der Waals surface area contributed by atoms with Crippen LogP contribution in [0, 0.1) is 0 Å². The second-order valence-corrected chi connectivity index (χ2v) is 4.49. The highest BCUT2D eigenvalue weighted by atomic mass is 19.3. The van der Waals surface area contributed by atoms with Crippen molar-refractivity contribution in [2.45, 2.75) is 19.4 Å². The number of aryl methyl sites for hydroxylation is 1. The van der Waals surface area contributed by atoms with Crippen LogP contribution < -0.4 is 5.32 Å². The molecule has 0 amide bonds. The van der Waals surface area contributed by atoms with Crippen molar-refractivity contribution in [3.05, 3.63) is 53.3 Å². The van der Waals surface area contributed by atoms with E-state index in [4.69, 9.17) is 0 Å². The summed E-state index contributed by atoms with van der Waals surface area (Å²) >= 11 is 0. The van der Waals surface area contributed by atoms with E-state index in [1.165, 1.54) is 17.7 Å². The molecular formula is C14H17F2N3. The average molecular weight is 265 g/mol. The fraction of sp³-hybridized carbons (Fsp3) is 0.357. The van der Waals surface area contributed by atoms with Gasteiger partial charge in [0.1, 0.15) is 0 Å². The van der Waals surface area contributed by atoms with E-state index < -0.39 is 6.43 Å². The summed E-state index contributed by atoms with van der Waals surface area (Å²) in [6, 6.07) is 6.42. The molecule has 2 rings (SSSR count). The number of hydrogen-bond donors (Lipinski definition) is 1. The Morgan fingerprint density at radius 2 is 1.95 bits per heavy atom. The summed E-state index contributed by atoms with van der Waals surface area (Å²) < 4.78 is 26.5. The minimum atomic E-state index is -2.40. The van der Waals surface area contributed by atoms with Gasteiger partial charge in [0.15, 0.2) is 0 Å². The SMILES string of the molecule is Cn1cc(CCNCc2ccc(C(F)F)cc2)cn1. The molecule has 3 nitrogen and oxygen atoms in total. The Hall–Kier alpha value is -1.75. The van der Waals surface area contributed by atoms with Crippen molar-refractivity contribution in [1.82, 2.24) is 15.1 Å². The number of nitrogens with one attached hydrogen (secondary N) is 1. The molecule has 19 heavy (non-hydrogen) atoms. The monoisotopic (exact) mass is 265 g/mol. The zero-order chi connectivity index (χ0) is 13.7. The fourth-order valence-electron chi connectivity index (χ4n) is 1.85.